The van der Waals surface area contributed by atoms with E-state index in [1.54, 1.807) is 7.11 Å². The van der Waals surface area contributed by atoms with Gasteiger partial charge in [0.25, 0.3) is 0 Å². The molecule has 1 amide bonds. The van der Waals surface area contributed by atoms with Crippen molar-refractivity contribution in [2.24, 2.45) is 11.7 Å². The van der Waals surface area contributed by atoms with Gasteiger partial charge in [-0.15, -0.1) is 0 Å². The van der Waals surface area contributed by atoms with Gasteiger partial charge in [0.2, 0.25) is 5.91 Å². The highest BCUT2D eigenvalue weighted by Gasteiger charge is 2.25. The van der Waals surface area contributed by atoms with Gasteiger partial charge in [0, 0.05) is 45.9 Å². The molecule has 0 bridgehead atoms. The fraction of sp³-hybridized carbons (Fsp3) is 0.929. The summed E-state index contributed by atoms with van der Waals surface area (Å²) in [7, 11) is 3.70. The van der Waals surface area contributed by atoms with Crippen LogP contribution in [0.25, 0.3) is 0 Å². The minimum Gasteiger partial charge on any atom is -0.383 e. The Labute approximate surface area is 122 Å². The first-order chi connectivity index (χ1) is 9.45. The topological polar surface area (TPSA) is 70.8 Å². The van der Waals surface area contributed by atoms with Crippen LogP contribution < -0.4 is 11.1 Å². The number of hydrogen-bond donors (Lipinski definition) is 2. The van der Waals surface area contributed by atoms with Gasteiger partial charge in [0.05, 0.1) is 6.61 Å². The summed E-state index contributed by atoms with van der Waals surface area (Å²) in [6, 6.07) is -0.220. The third kappa shape index (κ3) is 5.36. The summed E-state index contributed by atoms with van der Waals surface area (Å²) in [6.07, 6.45) is 0. The summed E-state index contributed by atoms with van der Waals surface area (Å²) in [4.78, 5) is 16.7. The van der Waals surface area contributed by atoms with E-state index in [1.807, 2.05) is 0 Å². The second-order valence-corrected chi connectivity index (χ2v) is 5.96. The molecule has 1 aliphatic rings. The maximum atomic E-state index is 11.9. The first-order valence-corrected chi connectivity index (χ1v) is 7.40. The second kappa shape index (κ2) is 8.56. The number of likely N-dealkylation sites (N-methyl/N-ethyl adjacent to an activating group) is 1. The van der Waals surface area contributed by atoms with Gasteiger partial charge in [-0.2, -0.15) is 0 Å². The Balaban J connectivity index is 2.45. The van der Waals surface area contributed by atoms with Gasteiger partial charge in [-0.1, -0.05) is 13.8 Å². The van der Waals surface area contributed by atoms with Crippen LogP contribution in [0.5, 0.6) is 0 Å². The number of piperazine rings is 1. The molecular weight excluding hydrogens is 256 g/mol. The van der Waals surface area contributed by atoms with Crippen LogP contribution in [-0.4, -0.2) is 81.3 Å². The summed E-state index contributed by atoms with van der Waals surface area (Å²) in [5, 5.41) is 2.96. The Morgan fingerprint density at radius 3 is 2.40 bits per heavy atom. The lowest BCUT2D eigenvalue weighted by molar-refractivity contribution is -0.123. The van der Waals surface area contributed by atoms with E-state index in [1.165, 1.54) is 0 Å². The van der Waals surface area contributed by atoms with E-state index in [4.69, 9.17) is 10.5 Å². The van der Waals surface area contributed by atoms with Crippen molar-refractivity contribution < 1.29 is 9.53 Å². The van der Waals surface area contributed by atoms with Gasteiger partial charge in [-0.05, 0) is 13.0 Å². The molecule has 1 saturated heterocycles. The predicted molar refractivity (Wildman–Crippen MR) is 80.6 cm³/mol. The molecule has 1 fully saturated rings. The van der Waals surface area contributed by atoms with Gasteiger partial charge < -0.3 is 20.7 Å². The van der Waals surface area contributed by atoms with Crippen LogP contribution >= 0.6 is 0 Å². The molecule has 20 heavy (non-hydrogen) atoms. The van der Waals surface area contributed by atoms with Crippen molar-refractivity contribution >= 4 is 5.91 Å². The van der Waals surface area contributed by atoms with Crippen LogP contribution in [0, 0.1) is 5.92 Å². The van der Waals surface area contributed by atoms with E-state index in [-0.39, 0.29) is 12.5 Å². The van der Waals surface area contributed by atoms with Crippen molar-refractivity contribution in [2.45, 2.75) is 25.9 Å². The molecule has 6 nitrogen and oxygen atoms in total. The number of nitrogens with one attached hydrogen (secondary N) is 1. The molecular formula is C14H30N4O2. The van der Waals surface area contributed by atoms with Gasteiger partial charge in [-0.25, -0.2) is 0 Å². The van der Waals surface area contributed by atoms with Crippen LogP contribution in [0.2, 0.25) is 0 Å². The van der Waals surface area contributed by atoms with Crippen molar-refractivity contribution in [3.05, 3.63) is 0 Å². The van der Waals surface area contributed by atoms with Crippen molar-refractivity contribution in [3.63, 3.8) is 0 Å². The fourth-order valence-electron chi connectivity index (χ4n) is 2.53. The Morgan fingerprint density at radius 2 is 1.90 bits per heavy atom. The van der Waals surface area contributed by atoms with E-state index >= 15 is 0 Å². The molecule has 118 valence electrons. The number of methoxy groups -OCH3 is 1. The third-order valence-corrected chi connectivity index (χ3v) is 3.94. The summed E-state index contributed by atoms with van der Waals surface area (Å²) in [5.41, 5.74) is 5.73. The fourth-order valence-corrected chi connectivity index (χ4v) is 2.53. The molecule has 1 heterocycles. The molecule has 0 aromatic heterocycles. The lowest BCUT2D eigenvalue weighted by atomic mass is 10.0. The Kier molecular flexibility index (Phi) is 7.43. The number of nitrogens with two attached hydrogens (primary N) is 1. The number of rotatable bonds is 7. The molecule has 2 unspecified atom stereocenters. The highest BCUT2D eigenvalue weighted by atomic mass is 16.5. The number of ether oxygens (including phenoxy) is 1. The van der Waals surface area contributed by atoms with Crippen molar-refractivity contribution in [3.8, 4) is 0 Å². The predicted octanol–water partition coefficient (Wildman–Crippen LogP) is -0.652. The highest BCUT2D eigenvalue weighted by molar-refractivity contribution is 5.81. The Bertz CT molecular complexity index is 291. The first kappa shape index (κ1) is 17.4. The van der Waals surface area contributed by atoms with Crippen LogP contribution in [0.15, 0.2) is 0 Å². The molecule has 0 radical (unpaired) electrons. The molecule has 0 aliphatic carbocycles. The van der Waals surface area contributed by atoms with Crippen molar-refractivity contribution in [1.29, 1.82) is 0 Å². The Hall–Kier alpha value is -0.690. The van der Waals surface area contributed by atoms with E-state index < -0.39 is 6.04 Å². The lowest BCUT2D eigenvalue weighted by Gasteiger charge is -2.40. The minimum atomic E-state index is -0.583. The number of nitrogens with zero attached hydrogens (tertiary/aromatic N) is 2. The zero-order valence-corrected chi connectivity index (χ0v) is 13.3. The zero-order valence-electron chi connectivity index (χ0n) is 13.3. The van der Waals surface area contributed by atoms with E-state index in [9.17, 15) is 4.79 Å². The number of carbonyl (C=O) groups is 1. The quantitative estimate of drug-likeness (QED) is 0.651. The van der Waals surface area contributed by atoms with Crippen LogP contribution in [-0.2, 0) is 9.53 Å². The van der Waals surface area contributed by atoms with Crippen molar-refractivity contribution in [1.82, 2.24) is 15.1 Å². The van der Waals surface area contributed by atoms with Crippen LogP contribution in [0.4, 0.5) is 0 Å². The first-order valence-electron chi connectivity index (χ1n) is 7.40. The molecule has 0 saturated carbocycles. The van der Waals surface area contributed by atoms with Gasteiger partial charge in [0.1, 0.15) is 6.04 Å². The van der Waals surface area contributed by atoms with E-state index in [0.717, 1.165) is 26.2 Å². The van der Waals surface area contributed by atoms with Gasteiger partial charge >= 0.3 is 0 Å². The molecule has 1 rings (SSSR count). The van der Waals surface area contributed by atoms with Gasteiger partial charge in [-0.3, -0.25) is 9.69 Å². The van der Waals surface area contributed by atoms with E-state index in [2.05, 4.69) is 36.0 Å². The number of hydrogen-bond acceptors (Lipinski definition) is 5. The summed E-state index contributed by atoms with van der Waals surface area (Å²) in [6.45, 7) is 9.58. The molecule has 0 aromatic rings. The van der Waals surface area contributed by atoms with Crippen molar-refractivity contribution in [2.75, 3.05) is 53.5 Å². The molecule has 2 atom stereocenters. The largest absolute Gasteiger partial charge is 0.383 e. The smallest absolute Gasteiger partial charge is 0.239 e. The third-order valence-electron chi connectivity index (χ3n) is 3.94. The van der Waals surface area contributed by atoms with Gasteiger partial charge in [0.15, 0.2) is 0 Å². The standard InChI is InChI=1S/C14H30N4O2/c1-11(2)13(18-7-5-17(3)6-8-18)9-16-14(19)12(15)10-20-4/h11-13H,5-10,15H2,1-4H3,(H,16,19). The maximum absolute atomic E-state index is 11.9. The van der Waals surface area contributed by atoms with Crippen LogP contribution in [0.3, 0.4) is 0 Å². The summed E-state index contributed by atoms with van der Waals surface area (Å²) in [5.74, 6) is 0.365. The monoisotopic (exact) mass is 286 g/mol. The molecule has 1 aliphatic heterocycles. The summed E-state index contributed by atoms with van der Waals surface area (Å²) < 4.78 is 4.91. The zero-order chi connectivity index (χ0) is 15.1. The lowest BCUT2D eigenvalue weighted by Crippen LogP contribution is -2.55. The van der Waals surface area contributed by atoms with Crippen LogP contribution in [0.1, 0.15) is 13.8 Å². The molecule has 6 heteroatoms. The number of carbonyl (C=O) groups excluding carboxylic acids is 1. The normalized spacial score (nSPS) is 20.9. The number of amides is 1. The maximum Gasteiger partial charge on any atom is 0.239 e. The average Bonchev–Trinajstić information content (AvgIpc) is 2.40. The SMILES string of the molecule is COCC(N)C(=O)NCC(C(C)C)N1CCN(C)CC1. The molecule has 3 N–H and O–H groups in total. The second-order valence-electron chi connectivity index (χ2n) is 5.96. The average molecular weight is 286 g/mol. The summed E-state index contributed by atoms with van der Waals surface area (Å²) >= 11 is 0. The molecule has 0 aromatic carbocycles. The Morgan fingerprint density at radius 1 is 1.30 bits per heavy atom. The molecule has 0 spiro atoms. The minimum absolute atomic E-state index is 0.133. The van der Waals surface area contributed by atoms with E-state index in [0.29, 0.717) is 18.5 Å². The highest BCUT2D eigenvalue weighted by Crippen LogP contribution is 2.12.